The molecule has 1 amide bonds. The van der Waals surface area contributed by atoms with Gasteiger partial charge in [0.25, 0.3) is 5.91 Å². The molecule has 4 rings (SSSR count). The maximum atomic E-state index is 12.3. The molecule has 0 atom stereocenters. The summed E-state index contributed by atoms with van der Waals surface area (Å²) in [4.78, 5) is 28.2. The van der Waals surface area contributed by atoms with Crippen molar-refractivity contribution in [1.82, 2.24) is 19.9 Å². The van der Waals surface area contributed by atoms with Gasteiger partial charge in [0, 0.05) is 18.1 Å². The number of hydrogen-bond acceptors (Lipinski definition) is 5. The van der Waals surface area contributed by atoms with Gasteiger partial charge in [-0.1, -0.05) is 11.6 Å². The second kappa shape index (κ2) is 6.86. The van der Waals surface area contributed by atoms with Gasteiger partial charge in [0.2, 0.25) is 0 Å². The predicted molar refractivity (Wildman–Crippen MR) is 101 cm³/mol. The Morgan fingerprint density at radius 2 is 2.00 bits per heavy atom. The van der Waals surface area contributed by atoms with Crippen molar-refractivity contribution in [2.45, 2.75) is 0 Å². The van der Waals surface area contributed by atoms with Gasteiger partial charge in [-0.05, 0) is 42.5 Å². The smallest absolute Gasteiger partial charge is 0.274 e. The zero-order chi connectivity index (χ0) is 18.8. The fourth-order valence-electron chi connectivity index (χ4n) is 2.51. The summed E-state index contributed by atoms with van der Waals surface area (Å²) < 4.78 is 0. The number of halogens is 1. The van der Waals surface area contributed by atoms with Crippen LogP contribution in [0, 0.1) is 11.3 Å². The molecular weight excluding hydrogens is 364 g/mol. The van der Waals surface area contributed by atoms with Gasteiger partial charge in [-0.2, -0.15) is 5.26 Å². The summed E-state index contributed by atoms with van der Waals surface area (Å²) in [5, 5.41) is 12.1. The third-order valence-electron chi connectivity index (χ3n) is 3.83. The van der Waals surface area contributed by atoms with Crippen molar-refractivity contribution >= 4 is 34.2 Å². The third kappa shape index (κ3) is 3.47. The van der Waals surface area contributed by atoms with Crippen LogP contribution < -0.4 is 5.32 Å². The standard InChI is InChI=1S/C19H11ClN6O/c20-12-2-5-15(23-10-12)18-25-14-6-3-13(7-17(14)26-18)24-19(27)16-4-1-11(8-21)9-22-16/h1-7,9-10H,(H,24,27)(H,25,26). The molecule has 0 fully saturated rings. The number of carbonyl (C=O) groups is 1. The van der Waals surface area contributed by atoms with E-state index in [1.165, 1.54) is 12.3 Å². The number of nitrogens with zero attached hydrogens (tertiary/aromatic N) is 4. The molecular formula is C19H11ClN6O. The van der Waals surface area contributed by atoms with Crippen LogP contribution >= 0.6 is 11.6 Å². The van der Waals surface area contributed by atoms with Gasteiger partial charge >= 0.3 is 0 Å². The highest BCUT2D eigenvalue weighted by Crippen LogP contribution is 2.22. The number of rotatable bonds is 3. The van der Waals surface area contributed by atoms with Crippen LogP contribution in [-0.2, 0) is 0 Å². The quantitative estimate of drug-likeness (QED) is 0.567. The lowest BCUT2D eigenvalue weighted by molar-refractivity contribution is 0.102. The highest BCUT2D eigenvalue weighted by molar-refractivity contribution is 6.30. The van der Waals surface area contributed by atoms with Crippen molar-refractivity contribution in [3.05, 3.63) is 71.1 Å². The Hall–Kier alpha value is -3.76. The lowest BCUT2D eigenvalue weighted by Crippen LogP contribution is -2.13. The lowest BCUT2D eigenvalue weighted by atomic mass is 10.2. The van der Waals surface area contributed by atoms with E-state index in [0.717, 1.165) is 11.0 Å². The lowest BCUT2D eigenvalue weighted by Gasteiger charge is -2.04. The Balaban J connectivity index is 1.58. The summed E-state index contributed by atoms with van der Waals surface area (Å²) >= 11 is 5.86. The van der Waals surface area contributed by atoms with Gasteiger partial charge in [0.15, 0.2) is 5.82 Å². The van der Waals surface area contributed by atoms with Gasteiger partial charge in [-0.15, -0.1) is 0 Å². The summed E-state index contributed by atoms with van der Waals surface area (Å²) in [6.07, 6.45) is 2.92. The van der Waals surface area contributed by atoms with Crippen molar-refractivity contribution < 1.29 is 4.79 Å². The molecule has 0 aliphatic rings. The maximum absolute atomic E-state index is 12.3. The summed E-state index contributed by atoms with van der Waals surface area (Å²) in [6, 6.07) is 13.9. The van der Waals surface area contributed by atoms with Crippen LogP contribution in [0.2, 0.25) is 5.02 Å². The molecule has 2 N–H and O–H groups in total. The van der Waals surface area contributed by atoms with E-state index < -0.39 is 0 Å². The summed E-state index contributed by atoms with van der Waals surface area (Å²) in [5.74, 6) is 0.247. The van der Waals surface area contributed by atoms with E-state index in [9.17, 15) is 4.79 Å². The molecule has 0 saturated heterocycles. The minimum atomic E-state index is -0.363. The summed E-state index contributed by atoms with van der Waals surface area (Å²) in [5.41, 5.74) is 3.39. The van der Waals surface area contributed by atoms with Crippen molar-refractivity contribution in [2.75, 3.05) is 5.32 Å². The topological polar surface area (TPSA) is 107 Å². The third-order valence-corrected chi connectivity index (χ3v) is 4.06. The van der Waals surface area contributed by atoms with E-state index in [0.29, 0.717) is 27.8 Å². The molecule has 0 radical (unpaired) electrons. The van der Waals surface area contributed by atoms with Crippen LogP contribution in [0.5, 0.6) is 0 Å². The molecule has 0 spiro atoms. The molecule has 3 aromatic heterocycles. The number of aromatic amines is 1. The number of imidazole rings is 1. The number of pyridine rings is 2. The molecule has 3 heterocycles. The Bertz CT molecular complexity index is 1180. The highest BCUT2D eigenvalue weighted by Gasteiger charge is 2.10. The zero-order valence-corrected chi connectivity index (χ0v) is 14.5. The normalized spacial score (nSPS) is 10.5. The minimum absolute atomic E-state index is 0.227. The second-order valence-corrected chi connectivity index (χ2v) is 6.11. The molecule has 27 heavy (non-hydrogen) atoms. The van der Waals surface area contributed by atoms with Crippen molar-refractivity contribution in [3.63, 3.8) is 0 Å². The van der Waals surface area contributed by atoms with Gasteiger partial charge in [0.1, 0.15) is 17.5 Å². The molecule has 0 aliphatic heterocycles. The molecule has 0 saturated carbocycles. The van der Waals surface area contributed by atoms with Crippen LogP contribution in [0.4, 0.5) is 5.69 Å². The molecule has 7 nitrogen and oxygen atoms in total. The number of amides is 1. The Labute approximate surface area is 158 Å². The SMILES string of the molecule is N#Cc1ccc(C(=O)Nc2ccc3nc(-c4ccc(Cl)cn4)[nH]c3c2)nc1. The van der Waals surface area contributed by atoms with Crippen LogP contribution in [0.25, 0.3) is 22.6 Å². The first-order valence-corrected chi connectivity index (χ1v) is 8.29. The van der Waals surface area contributed by atoms with E-state index in [1.807, 2.05) is 6.07 Å². The largest absolute Gasteiger partial charge is 0.337 e. The van der Waals surface area contributed by atoms with E-state index in [-0.39, 0.29) is 11.6 Å². The average molecular weight is 375 g/mol. The van der Waals surface area contributed by atoms with E-state index >= 15 is 0 Å². The first kappa shape index (κ1) is 16.7. The number of carbonyl (C=O) groups excluding carboxylic acids is 1. The van der Waals surface area contributed by atoms with E-state index in [4.69, 9.17) is 16.9 Å². The predicted octanol–water partition coefficient (Wildman–Crippen LogP) is 3.80. The highest BCUT2D eigenvalue weighted by atomic mass is 35.5. The minimum Gasteiger partial charge on any atom is -0.337 e. The Morgan fingerprint density at radius 3 is 2.70 bits per heavy atom. The first-order chi connectivity index (χ1) is 13.1. The molecule has 130 valence electrons. The maximum Gasteiger partial charge on any atom is 0.274 e. The number of nitrogens with one attached hydrogen (secondary N) is 2. The molecule has 1 aromatic carbocycles. The average Bonchev–Trinajstić information content (AvgIpc) is 3.12. The number of benzene rings is 1. The molecule has 8 heteroatoms. The molecule has 4 aromatic rings. The summed E-state index contributed by atoms with van der Waals surface area (Å²) in [7, 11) is 0. The van der Waals surface area contributed by atoms with Crippen LogP contribution in [0.15, 0.2) is 54.9 Å². The monoisotopic (exact) mass is 374 g/mol. The number of anilines is 1. The van der Waals surface area contributed by atoms with E-state index in [1.54, 1.807) is 42.6 Å². The molecule has 0 aliphatic carbocycles. The van der Waals surface area contributed by atoms with Gasteiger partial charge in [-0.3, -0.25) is 9.78 Å². The van der Waals surface area contributed by atoms with Gasteiger partial charge in [0.05, 0.1) is 21.6 Å². The molecule has 0 bridgehead atoms. The molecule has 0 unspecified atom stereocenters. The number of H-pyrrole nitrogens is 1. The van der Waals surface area contributed by atoms with Crippen LogP contribution in [0.1, 0.15) is 16.1 Å². The second-order valence-electron chi connectivity index (χ2n) is 5.68. The van der Waals surface area contributed by atoms with Crippen molar-refractivity contribution in [1.29, 1.82) is 5.26 Å². The Kier molecular flexibility index (Phi) is 4.24. The van der Waals surface area contributed by atoms with Gasteiger partial charge < -0.3 is 10.3 Å². The van der Waals surface area contributed by atoms with Crippen molar-refractivity contribution in [2.24, 2.45) is 0 Å². The first-order valence-electron chi connectivity index (χ1n) is 7.91. The zero-order valence-electron chi connectivity index (χ0n) is 13.8. The number of hydrogen-bond donors (Lipinski definition) is 2. The van der Waals surface area contributed by atoms with Gasteiger partial charge in [-0.25, -0.2) is 9.97 Å². The summed E-state index contributed by atoms with van der Waals surface area (Å²) in [6.45, 7) is 0. The van der Waals surface area contributed by atoms with Crippen molar-refractivity contribution in [3.8, 4) is 17.6 Å². The number of aromatic nitrogens is 4. The fourth-order valence-corrected chi connectivity index (χ4v) is 2.63. The van der Waals surface area contributed by atoms with E-state index in [2.05, 4.69) is 25.3 Å². The number of nitriles is 1. The van der Waals surface area contributed by atoms with Crippen LogP contribution in [-0.4, -0.2) is 25.8 Å². The fraction of sp³-hybridized carbons (Fsp3) is 0. The Morgan fingerprint density at radius 1 is 1.11 bits per heavy atom. The van der Waals surface area contributed by atoms with Crippen LogP contribution in [0.3, 0.4) is 0 Å². The number of fused-ring (bicyclic) bond motifs is 1.